The van der Waals surface area contributed by atoms with Crippen LogP contribution in [0.25, 0.3) is 11.3 Å². The molecule has 0 bridgehead atoms. The molecule has 3 aromatic rings. The van der Waals surface area contributed by atoms with Crippen molar-refractivity contribution in [3.05, 3.63) is 58.2 Å². The predicted octanol–water partition coefficient (Wildman–Crippen LogP) is 4.30. The number of rotatable bonds is 3. The van der Waals surface area contributed by atoms with E-state index < -0.39 is 17.5 Å². The second kappa shape index (κ2) is 6.16. The number of nitrogens with one attached hydrogen (secondary N) is 1. The summed E-state index contributed by atoms with van der Waals surface area (Å²) >= 11 is 1.25. The molecular formula is C17H15F2N3OS. The molecule has 7 heteroatoms. The number of hydrogen-bond donors (Lipinski definition) is 1. The minimum atomic E-state index is -0.904. The largest absolute Gasteiger partial charge is 0.351 e. The summed E-state index contributed by atoms with van der Waals surface area (Å²) in [7, 11) is 1.97. The topological polar surface area (TPSA) is 46.9 Å². The third-order valence-electron chi connectivity index (χ3n) is 3.95. The Morgan fingerprint density at radius 3 is 2.62 bits per heavy atom. The van der Waals surface area contributed by atoms with Gasteiger partial charge >= 0.3 is 0 Å². The summed E-state index contributed by atoms with van der Waals surface area (Å²) in [5.41, 5.74) is 3.69. The zero-order valence-corrected chi connectivity index (χ0v) is 14.2. The van der Waals surface area contributed by atoms with Crippen LogP contribution in [0.15, 0.2) is 29.6 Å². The minimum Gasteiger partial charge on any atom is -0.351 e. The van der Waals surface area contributed by atoms with Gasteiger partial charge in [0.1, 0.15) is 11.6 Å². The Hall–Kier alpha value is -2.54. The second-order valence-electron chi connectivity index (χ2n) is 5.46. The third-order valence-corrected chi connectivity index (χ3v) is 4.71. The highest BCUT2D eigenvalue weighted by molar-refractivity contribution is 7.14. The number of thiazole rings is 1. The average Bonchev–Trinajstić information content (AvgIpc) is 3.07. The Morgan fingerprint density at radius 1 is 1.25 bits per heavy atom. The fourth-order valence-electron chi connectivity index (χ4n) is 2.41. The van der Waals surface area contributed by atoms with E-state index in [0.717, 1.165) is 34.8 Å². The molecule has 1 N–H and O–H groups in total. The zero-order chi connectivity index (χ0) is 17.4. The van der Waals surface area contributed by atoms with Crippen LogP contribution in [0.5, 0.6) is 0 Å². The van der Waals surface area contributed by atoms with Crippen molar-refractivity contribution >= 4 is 22.4 Å². The summed E-state index contributed by atoms with van der Waals surface area (Å²) in [5, 5.41) is 4.74. The number of aromatic nitrogens is 2. The molecule has 24 heavy (non-hydrogen) atoms. The molecule has 4 nitrogen and oxygen atoms in total. The van der Waals surface area contributed by atoms with Gasteiger partial charge in [-0.05, 0) is 32.0 Å². The average molecular weight is 347 g/mol. The van der Waals surface area contributed by atoms with Crippen LogP contribution >= 0.6 is 11.3 Å². The molecule has 0 atom stereocenters. The maximum Gasteiger partial charge on any atom is 0.260 e. The van der Waals surface area contributed by atoms with Gasteiger partial charge in [-0.25, -0.2) is 13.8 Å². The van der Waals surface area contributed by atoms with Gasteiger partial charge in [-0.3, -0.25) is 10.1 Å². The predicted molar refractivity (Wildman–Crippen MR) is 90.3 cm³/mol. The van der Waals surface area contributed by atoms with E-state index in [9.17, 15) is 13.6 Å². The molecule has 0 aliphatic heterocycles. The summed E-state index contributed by atoms with van der Waals surface area (Å²) in [6.45, 7) is 4.00. The molecule has 0 spiro atoms. The first kappa shape index (κ1) is 16.3. The van der Waals surface area contributed by atoms with E-state index in [1.54, 1.807) is 0 Å². The molecule has 3 rings (SSSR count). The Kier molecular flexibility index (Phi) is 4.19. The van der Waals surface area contributed by atoms with Crippen LogP contribution in [0.3, 0.4) is 0 Å². The van der Waals surface area contributed by atoms with Gasteiger partial charge in [0.15, 0.2) is 5.13 Å². The Bertz CT molecular complexity index is 930. The number of hydrogen-bond acceptors (Lipinski definition) is 3. The number of carbonyl (C=O) groups is 1. The molecule has 1 aromatic carbocycles. The van der Waals surface area contributed by atoms with E-state index in [-0.39, 0.29) is 5.56 Å². The van der Waals surface area contributed by atoms with Gasteiger partial charge in [0.25, 0.3) is 5.91 Å². The third kappa shape index (κ3) is 2.94. The number of amides is 1. The first-order chi connectivity index (χ1) is 11.4. The summed E-state index contributed by atoms with van der Waals surface area (Å²) in [6.07, 6.45) is 0. The van der Waals surface area contributed by atoms with Crippen molar-refractivity contribution in [2.75, 3.05) is 5.32 Å². The molecule has 2 heterocycles. The van der Waals surface area contributed by atoms with E-state index in [2.05, 4.69) is 14.9 Å². The lowest BCUT2D eigenvalue weighted by molar-refractivity contribution is 0.102. The molecule has 0 aliphatic rings. The molecule has 124 valence electrons. The summed E-state index contributed by atoms with van der Waals surface area (Å²) in [5.74, 6) is -2.29. The van der Waals surface area contributed by atoms with Crippen molar-refractivity contribution in [3.8, 4) is 11.3 Å². The number of benzene rings is 1. The fraction of sp³-hybridized carbons (Fsp3) is 0.176. The van der Waals surface area contributed by atoms with Crippen LogP contribution < -0.4 is 5.32 Å². The first-order valence-electron chi connectivity index (χ1n) is 7.22. The van der Waals surface area contributed by atoms with E-state index in [1.807, 2.05) is 32.3 Å². The SMILES string of the molecule is Cc1cc(-c2csc(NC(=O)c3ccc(F)cc3F)n2)c(C)n1C. The number of nitrogens with zero attached hydrogens (tertiary/aromatic N) is 2. The normalized spacial score (nSPS) is 10.9. The van der Waals surface area contributed by atoms with Crippen molar-refractivity contribution in [2.24, 2.45) is 7.05 Å². The molecule has 0 aliphatic carbocycles. The monoisotopic (exact) mass is 347 g/mol. The highest BCUT2D eigenvalue weighted by Crippen LogP contribution is 2.29. The Morgan fingerprint density at radius 2 is 2.00 bits per heavy atom. The maximum atomic E-state index is 13.7. The molecule has 0 saturated carbocycles. The van der Waals surface area contributed by atoms with Gasteiger partial charge in [-0.2, -0.15) is 0 Å². The highest BCUT2D eigenvalue weighted by atomic mass is 32.1. The summed E-state index contributed by atoms with van der Waals surface area (Å²) in [4.78, 5) is 16.5. The summed E-state index contributed by atoms with van der Waals surface area (Å²) in [6, 6.07) is 4.86. The standard InChI is InChI=1S/C17H15F2N3OS/c1-9-6-13(10(2)22(9)3)15-8-24-17(20-15)21-16(23)12-5-4-11(18)7-14(12)19/h4-8H,1-3H3,(H,20,21,23). The van der Waals surface area contributed by atoms with Crippen molar-refractivity contribution < 1.29 is 13.6 Å². The molecule has 0 saturated heterocycles. The zero-order valence-electron chi connectivity index (χ0n) is 13.4. The fourth-order valence-corrected chi connectivity index (χ4v) is 3.11. The number of carbonyl (C=O) groups excluding carboxylic acids is 1. The smallest absolute Gasteiger partial charge is 0.260 e. The quantitative estimate of drug-likeness (QED) is 0.768. The van der Waals surface area contributed by atoms with Crippen LogP contribution in [0.2, 0.25) is 0 Å². The number of anilines is 1. The first-order valence-corrected chi connectivity index (χ1v) is 8.10. The molecule has 1 amide bonds. The minimum absolute atomic E-state index is 0.222. The lowest BCUT2D eigenvalue weighted by Crippen LogP contribution is -2.13. The van der Waals surface area contributed by atoms with Gasteiger partial charge in [0.2, 0.25) is 0 Å². The van der Waals surface area contributed by atoms with Crippen LogP contribution in [-0.4, -0.2) is 15.5 Å². The van der Waals surface area contributed by atoms with Crippen LogP contribution in [0, 0.1) is 25.5 Å². The number of halogens is 2. The Labute approximate surface area is 141 Å². The van der Waals surface area contributed by atoms with Crippen molar-refractivity contribution in [2.45, 2.75) is 13.8 Å². The Balaban J connectivity index is 1.83. The molecular weight excluding hydrogens is 332 g/mol. The van der Waals surface area contributed by atoms with Gasteiger partial charge in [-0.15, -0.1) is 11.3 Å². The van der Waals surface area contributed by atoms with Crippen molar-refractivity contribution in [1.29, 1.82) is 0 Å². The van der Waals surface area contributed by atoms with Gasteiger partial charge in [0.05, 0.1) is 11.3 Å². The van der Waals surface area contributed by atoms with E-state index in [4.69, 9.17) is 0 Å². The number of aryl methyl sites for hydroxylation is 1. The highest BCUT2D eigenvalue weighted by Gasteiger charge is 2.16. The van der Waals surface area contributed by atoms with E-state index >= 15 is 0 Å². The van der Waals surface area contributed by atoms with Crippen molar-refractivity contribution in [3.63, 3.8) is 0 Å². The second-order valence-corrected chi connectivity index (χ2v) is 6.32. The van der Waals surface area contributed by atoms with Crippen LogP contribution in [0.4, 0.5) is 13.9 Å². The molecule has 0 fully saturated rings. The maximum absolute atomic E-state index is 13.7. The summed E-state index contributed by atoms with van der Waals surface area (Å²) < 4.78 is 28.6. The van der Waals surface area contributed by atoms with Gasteiger partial charge < -0.3 is 4.57 Å². The molecule has 0 unspecified atom stereocenters. The van der Waals surface area contributed by atoms with Crippen LogP contribution in [-0.2, 0) is 7.05 Å². The van der Waals surface area contributed by atoms with E-state index in [0.29, 0.717) is 11.2 Å². The lowest BCUT2D eigenvalue weighted by atomic mass is 10.2. The van der Waals surface area contributed by atoms with Crippen LogP contribution in [0.1, 0.15) is 21.7 Å². The van der Waals surface area contributed by atoms with Gasteiger partial charge in [-0.1, -0.05) is 0 Å². The van der Waals surface area contributed by atoms with Gasteiger partial charge in [0, 0.05) is 35.4 Å². The molecule has 0 radical (unpaired) electrons. The van der Waals surface area contributed by atoms with Crippen molar-refractivity contribution in [1.82, 2.24) is 9.55 Å². The lowest BCUT2D eigenvalue weighted by Gasteiger charge is -2.03. The molecule has 2 aromatic heterocycles. The van der Waals surface area contributed by atoms with E-state index in [1.165, 1.54) is 11.3 Å².